The minimum absolute atomic E-state index is 0.0281. The summed E-state index contributed by atoms with van der Waals surface area (Å²) >= 11 is 0. The van der Waals surface area contributed by atoms with Gasteiger partial charge in [-0.05, 0) is 25.4 Å². The van der Waals surface area contributed by atoms with Crippen molar-refractivity contribution < 1.29 is 18.4 Å². The molecule has 1 unspecified atom stereocenters. The van der Waals surface area contributed by atoms with Crippen LogP contribution in [0.15, 0.2) is 0 Å². The van der Waals surface area contributed by atoms with E-state index in [2.05, 4.69) is 5.32 Å². The van der Waals surface area contributed by atoms with Gasteiger partial charge in [0.1, 0.15) is 0 Å². The van der Waals surface area contributed by atoms with Crippen molar-refractivity contribution in [3.05, 3.63) is 0 Å². The Morgan fingerprint density at radius 2 is 2.00 bits per heavy atom. The van der Waals surface area contributed by atoms with Gasteiger partial charge in [0.25, 0.3) is 0 Å². The zero-order valence-corrected chi connectivity index (χ0v) is 11.7. The highest BCUT2D eigenvalue weighted by molar-refractivity contribution is 6.65. The van der Waals surface area contributed by atoms with Crippen LogP contribution in [0.1, 0.15) is 25.7 Å². The molecule has 1 heterocycles. The first-order valence-corrected chi connectivity index (χ1v) is 8.47. The average Bonchev–Trinajstić information content (AvgIpc) is 2.32. The molecule has 0 aromatic carbocycles. The highest BCUT2D eigenvalue weighted by atomic mass is 28.4. The molecule has 1 atom stereocenters. The van der Waals surface area contributed by atoms with Crippen molar-refractivity contribution in [2.45, 2.75) is 38.3 Å². The number of piperidine rings is 1. The van der Waals surface area contributed by atoms with Crippen LogP contribution in [0.2, 0.25) is 12.6 Å². The van der Waals surface area contributed by atoms with E-state index in [4.69, 9.17) is 8.85 Å². The fourth-order valence-electron chi connectivity index (χ4n) is 1.97. The van der Waals surface area contributed by atoms with Gasteiger partial charge in [-0.3, -0.25) is 14.9 Å². The van der Waals surface area contributed by atoms with Crippen LogP contribution in [0.4, 0.5) is 0 Å². The molecule has 0 aromatic rings. The van der Waals surface area contributed by atoms with Crippen molar-refractivity contribution in [1.29, 1.82) is 0 Å². The molecule has 1 aliphatic heterocycles. The fourth-order valence-corrected chi connectivity index (χ4v) is 3.39. The summed E-state index contributed by atoms with van der Waals surface area (Å²) in [4.78, 5) is 22.5. The van der Waals surface area contributed by atoms with Crippen LogP contribution in [0, 0.1) is 5.92 Å². The first-order valence-electron chi connectivity index (χ1n) is 5.95. The van der Waals surface area contributed by atoms with Crippen LogP contribution in [0.5, 0.6) is 0 Å². The van der Waals surface area contributed by atoms with Gasteiger partial charge in [-0.1, -0.05) is 6.42 Å². The summed E-state index contributed by atoms with van der Waals surface area (Å²) in [6, 6.07) is 0.873. The fraction of sp³-hybridized carbons (Fsp3) is 0.818. The molecule has 5 nitrogen and oxygen atoms in total. The molecule has 6 heteroatoms. The highest BCUT2D eigenvalue weighted by Gasteiger charge is 2.30. The van der Waals surface area contributed by atoms with Crippen LogP contribution in [-0.4, -0.2) is 34.6 Å². The zero-order valence-electron chi connectivity index (χ0n) is 10.7. The molecule has 0 spiro atoms. The zero-order chi connectivity index (χ0) is 12.9. The van der Waals surface area contributed by atoms with E-state index in [1.807, 2.05) is 6.55 Å². The van der Waals surface area contributed by atoms with E-state index in [-0.39, 0.29) is 17.7 Å². The number of hydrogen-bond acceptors (Lipinski definition) is 4. The molecule has 17 heavy (non-hydrogen) atoms. The van der Waals surface area contributed by atoms with E-state index >= 15 is 0 Å². The third-order valence-corrected chi connectivity index (χ3v) is 6.39. The SMILES string of the molecule is CO[Si](C)(CCCC1CCC(=O)NC1=O)OC. The van der Waals surface area contributed by atoms with Crippen molar-refractivity contribution in [2.24, 2.45) is 5.92 Å². The van der Waals surface area contributed by atoms with Crippen LogP contribution in [0.25, 0.3) is 0 Å². The Morgan fingerprint density at radius 3 is 2.53 bits per heavy atom. The third-order valence-electron chi connectivity index (χ3n) is 3.40. The summed E-state index contributed by atoms with van der Waals surface area (Å²) in [6.07, 6.45) is 2.83. The second-order valence-electron chi connectivity index (χ2n) is 4.58. The van der Waals surface area contributed by atoms with Crippen molar-refractivity contribution >= 4 is 20.4 Å². The lowest BCUT2D eigenvalue weighted by Gasteiger charge is -2.24. The lowest BCUT2D eigenvalue weighted by Crippen LogP contribution is -2.41. The molecule has 1 aliphatic rings. The predicted molar refractivity (Wildman–Crippen MR) is 65.6 cm³/mol. The molecule has 0 bridgehead atoms. The van der Waals surface area contributed by atoms with Crippen molar-refractivity contribution in [3.63, 3.8) is 0 Å². The van der Waals surface area contributed by atoms with Gasteiger partial charge in [0.05, 0.1) is 0 Å². The maximum Gasteiger partial charge on any atom is 0.334 e. The van der Waals surface area contributed by atoms with Crippen LogP contribution < -0.4 is 5.32 Å². The Kier molecular flexibility index (Phi) is 5.29. The number of rotatable bonds is 6. The van der Waals surface area contributed by atoms with Crippen molar-refractivity contribution in [2.75, 3.05) is 14.2 Å². The van der Waals surface area contributed by atoms with E-state index in [1.54, 1.807) is 14.2 Å². The Bertz CT molecular complexity index is 291. The Morgan fingerprint density at radius 1 is 1.35 bits per heavy atom. The summed E-state index contributed by atoms with van der Waals surface area (Å²) < 4.78 is 10.8. The lowest BCUT2D eigenvalue weighted by molar-refractivity contribution is -0.136. The van der Waals surface area contributed by atoms with Crippen molar-refractivity contribution in [1.82, 2.24) is 5.32 Å². The number of carbonyl (C=O) groups is 2. The molecular weight excluding hydrogens is 238 g/mol. The van der Waals surface area contributed by atoms with Gasteiger partial charge in [0.2, 0.25) is 11.8 Å². The van der Waals surface area contributed by atoms with Gasteiger partial charge in [-0.15, -0.1) is 0 Å². The van der Waals surface area contributed by atoms with Gasteiger partial charge >= 0.3 is 8.56 Å². The predicted octanol–water partition coefficient (Wildman–Crippen LogP) is 1.18. The Balaban J connectivity index is 2.31. The molecule has 1 fully saturated rings. The largest absolute Gasteiger partial charge is 0.398 e. The molecule has 0 radical (unpaired) electrons. The van der Waals surface area contributed by atoms with Crippen LogP contribution in [0.3, 0.4) is 0 Å². The van der Waals surface area contributed by atoms with Gasteiger partial charge in [0, 0.05) is 26.6 Å². The van der Waals surface area contributed by atoms with Gasteiger partial charge in [-0.2, -0.15) is 0 Å². The summed E-state index contributed by atoms with van der Waals surface area (Å²) in [5.74, 6) is -0.307. The van der Waals surface area contributed by atoms with Crippen molar-refractivity contribution in [3.8, 4) is 0 Å². The van der Waals surface area contributed by atoms with E-state index in [0.717, 1.165) is 18.9 Å². The second kappa shape index (κ2) is 6.27. The van der Waals surface area contributed by atoms with E-state index in [9.17, 15) is 9.59 Å². The minimum Gasteiger partial charge on any atom is -0.398 e. The first kappa shape index (κ1) is 14.3. The highest BCUT2D eigenvalue weighted by Crippen LogP contribution is 2.22. The average molecular weight is 259 g/mol. The second-order valence-corrected chi connectivity index (χ2v) is 8.17. The topological polar surface area (TPSA) is 64.6 Å². The molecule has 0 aliphatic carbocycles. The molecule has 98 valence electrons. The van der Waals surface area contributed by atoms with E-state index in [0.29, 0.717) is 12.8 Å². The smallest absolute Gasteiger partial charge is 0.334 e. The van der Waals surface area contributed by atoms with Gasteiger partial charge in [0.15, 0.2) is 0 Å². The maximum absolute atomic E-state index is 11.5. The lowest BCUT2D eigenvalue weighted by atomic mass is 9.94. The molecular formula is C11H21NO4Si. The molecule has 0 aromatic heterocycles. The minimum atomic E-state index is -2.02. The Labute approximate surface area is 103 Å². The number of carbonyl (C=O) groups excluding carboxylic acids is 2. The normalized spacial score (nSPS) is 21.5. The Hall–Kier alpha value is -0.723. The summed E-state index contributed by atoms with van der Waals surface area (Å²) in [7, 11) is 1.32. The summed E-state index contributed by atoms with van der Waals surface area (Å²) in [5, 5.41) is 2.38. The van der Waals surface area contributed by atoms with Crippen LogP contribution in [-0.2, 0) is 18.4 Å². The van der Waals surface area contributed by atoms with Gasteiger partial charge < -0.3 is 8.85 Å². The number of nitrogens with one attached hydrogen (secondary N) is 1. The van der Waals surface area contributed by atoms with E-state index < -0.39 is 8.56 Å². The van der Waals surface area contributed by atoms with E-state index in [1.165, 1.54) is 0 Å². The standard InChI is InChI=1S/C11H21NO4Si/c1-15-17(3,16-2)8-4-5-9-6-7-10(13)12-11(9)14/h9H,4-8H2,1-3H3,(H,12,13,14). The monoisotopic (exact) mass is 259 g/mol. The quantitative estimate of drug-likeness (QED) is 0.575. The molecule has 1 N–H and O–H groups in total. The van der Waals surface area contributed by atoms with Crippen LogP contribution >= 0.6 is 0 Å². The summed E-state index contributed by atoms with van der Waals surface area (Å²) in [5.41, 5.74) is 0. The maximum atomic E-state index is 11.5. The molecule has 0 saturated carbocycles. The molecule has 1 rings (SSSR count). The molecule has 1 saturated heterocycles. The number of imide groups is 1. The number of hydrogen-bond donors (Lipinski definition) is 1. The number of amides is 2. The third kappa shape index (κ3) is 4.21. The first-order chi connectivity index (χ1) is 8.00. The summed E-state index contributed by atoms with van der Waals surface area (Å²) in [6.45, 7) is 2.01. The molecule has 2 amide bonds. The van der Waals surface area contributed by atoms with Gasteiger partial charge in [-0.25, -0.2) is 0 Å².